The summed E-state index contributed by atoms with van der Waals surface area (Å²) in [6.07, 6.45) is -12.6. The van der Waals surface area contributed by atoms with Gasteiger partial charge in [0, 0.05) is 25.3 Å². The molecule has 4 heterocycles. The molecule has 2 aromatic rings. The average Bonchev–Trinajstić information content (AvgIpc) is 3.10. The maximum Gasteiger partial charge on any atom is 0.306 e. The number of methoxy groups -OCH3 is 2. The summed E-state index contributed by atoms with van der Waals surface area (Å²) in [7, 11) is 2.71. The molecule has 0 saturated carbocycles. The predicted molar refractivity (Wildman–Crippen MR) is 152 cm³/mol. The molecule has 0 aromatic heterocycles. The lowest BCUT2D eigenvalue weighted by molar-refractivity contribution is -0.359. The van der Waals surface area contributed by atoms with Crippen molar-refractivity contribution in [2.45, 2.75) is 86.8 Å². The van der Waals surface area contributed by atoms with Crippen LogP contribution in [0.4, 0.5) is 0 Å². The van der Waals surface area contributed by atoms with E-state index in [-0.39, 0.29) is 13.2 Å². The molecule has 0 amide bonds. The molecule has 4 fully saturated rings. The van der Waals surface area contributed by atoms with Gasteiger partial charge in [-0.05, 0) is 0 Å². The Balaban J connectivity index is 1.03. The topological polar surface area (TPSA) is 167 Å². The molecule has 4 aliphatic heterocycles. The minimum Gasteiger partial charge on any atom is -0.454 e. The van der Waals surface area contributed by atoms with E-state index >= 15 is 0 Å². The monoisotopic (exact) mass is 646 g/mol. The van der Waals surface area contributed by atoms with Crippen molar-refractivity contribution >= 4 is 11.9 Å². The highest BCUT2D eigenvalue weighted by atomic mass is 16.8. The van der Waals surface area contributed by atoms with Gasteiger partial charge in [0.15, 0.2) is 37.4 Å². The molecule has 6 rings (SSSR count). The second-order valence-electron chi connectivity index (χ2n) is 11.3. The predicted octanol–water partition coefficient (Wildman–Crippen LogP) is 1.28. The summed E-state index contributed by atoms with van der Waals surface area (Å²) in [6.45, 7) is 0.249. The standard InChI is InChI=1S/C32H38O14/c1-37-31-27(23(35)25-19(41-31)15-39-29(45-25)17-9-5-3-6-10-17)43-21(33)13-14-22(34)44-28-24(36)26-20(42-32(28)38-2)16-40-30(46-26)18-11-7-4-8-12-18/h3-12,19-20,23-32,35-36H,13-16H2,1-2H3/t19-,20-,23+,24+,25-,26-,27-,28-,29?,30?,31+,32+/m1/s1. The van der Waals surface area contributed by atoms with E-state index in [2.05, 4.69) is 0 Å². The summed E-state index contributed by atoms with van der Waals surface area (Å²) >= 11 is 0. The fourth-order valence-electron chi connectivity index (χ4n) is 5.95. The number of hydrogen-bond donors (Lipinski definition) is 2. The summed E-state index contributed by atoms with van der Waals surface area (Å²) in [4.78, 5) is 25.7. The lowest BCUT2D eigenvalue weighted by Gasteiger charge is -2.47. The second-order valence-corrected chi connectivity index (χ2v) is 11.3. The van der Waals surface area contributed by atoms with Crippen LogP contribution in [-0.2, 0) is 57.0 Å². The third-order valence-electron chi connectivity index (χ3n) is 8.30. The average molecular weight is 647 g/mol. The Kier molecular flexibility index (Phi) is 10.6. The SMILES string of the molecule is CO[C@H]1O[C@@H]2COC(c3ccccc3)O[C@H]2[C@H](O)[C@H]1OC(=O)CCC(=O)O[C@H]1[C@@H](OC)O[C@@H]2COC(c3ccccc3)O[C@H]2[C@@H]1O. The largest absolute Gasteiger partial charge is 0.454 e. The second kappa shape index (κ2) is 14.8. The number of benzene rings is 2. The Morgan fingerprint density at radius 2 is 1.04 bits per heavy atom. The highest BCUT2D eigenvalue weighted by Gasteiger charge is 2.53. The van der Waals surface area contributed by atoms with Crippen LogP contribution in [0.25, 0.3) is 0 Å². The van der Waals surface area contributed by atoms with Gasteiger partial charge in [0.05, 0.1) is 26.1 Å². The van der Waals surface area contributed by atoms with Crippen LogP contribution >= 0.6 is 0 Å². The molecule has 46 heavy (non-hydrogen) atoms. The first-order valence-electron chi connectivity index (χ1n) is 15.1. The Morgan fingerprint density at radius 3 is 1.41 bits per heavy atom. The van der Waals surface area contributed by atoms with E-state index in [4.69, 9.17) is 47.4 Å². The van der Waals surface area contributed by atoms with Gasteiger partial charge < -0.3 is 57.6 Å². The summed E-state index contributed by atoms with van der Waals surface area (Å²) in [5.41, 5.74) is 1.52. The van der Waals surface area contributed by atoms with E-state index in [0.29, 0.717) is 0 Å². The molecule has 0 aliphatic carbocycles. The van der Waals surface area contributed by atoms with E-state index in [1.54, 1.807) is 0 Å². The molecule has 4 aliphatic rings. The zero-order valence-corrected chi connectivity index (χ0v) is 25.3. The molecule has 14 heteroatoms. The van der Waals surface area contributed by atoms with Crippen LogP contribution in [0, 0.1) is 0 Å². The third kappa shape index (κ3) is 7.11. The zero-order valence-electron chi connectivity index (χ0n) is 25.3. The highest BCUT2D eigenvalue weighted by Crippen LogP contribution is 2.37. The summed E-state index contributed by atoms with van der Waals surface area (Å²) in [6, 6.07) is 18.4. The molecule has 2 aromatic carbocycles. The van der Waals surface area contributed by atoms with E-state index in [1.165, 1.54) is 14.2 Å². The molecule has 0 radical (unpaired) electrons. The first kappa shape index (κ1) is 32.9. The molecular formula is C32H38O14. The van der Waals surface area contributed by atoms with E-state index < -0.39 is 98.8 Å². The van der Waals surface area contributed by atoms with Gasteiger partial charge in [-0.3, -0.25) is 9.59 Å². The number of aliphatic hydroxyl groups excluding tert-OH is 2. The Hall–Kier alpha value is -3.02. The van der Waals surface area contributed by atoms with Crippen molar-refractivity contribution in [3.63, 3.8) is 0 Å². The number of carbonyl (C=O) groups is 2. The first-order valence-corrected chi connectivity index (χ1v) is 15.1. The molecule has 0 spiro atoms. The van der Waals surface area contributed by atoms with Crippen LogP contribution in [0.1, 0.15) is 36.5 Å². The molecular weight excluding hydrogens is 608 g/mol. The quantitative estimate of drug-likeness (QED) is 0.374. The zero-order chi connectivity index (χ0) is 32.2. The van der Waals surface area contributed by atoms with Crippen LogP contribution in [0.2, 0.25) is 0 Å². The Bertz CT molecular complexity index is 1200. The van der Waals surface area contributed by atoms with Crippen LogP contribution in [-0.4, -0.2) is 111 Å². The number of rotatable bonds is 9. The molecule has 2 unspecified atom stereocenters. The number of carbonyl (C=O) groups excluding carboxylic acids is 2. The Labute approximate surface area is 265 Å². The van der Waals surface area contributed by atoms with Crippen molar-refractivity contribution in [3.8, 4) is 0 Å². The molecule has 4 saturated heterocycles. The molecule has 2 N–H and O–H groups in total. The number of ether oxygens (including phenoxy) is 10. The van der Waals surface area contributed by atoms with Gasteiger partial charge in [-0.15, -0.1) is 0 Å². The van der Waals surface area contributed by atoms with Crippen LogP contribution < -0.4 is 0 Å². The normalized spacial score (nSPS) is 37.4. The van der Waals surface area contributed by atoms with Crippen LogP contribution in [0.15, 0.2) is 60.7 Å². The van der Waals surface area contributed by atoms with Gasteiger partial charge in [0.1, 0.15) is 36.6 Å². The van der Waals surface area contributed by atoms with Crippen molar-refractivity contribution in [2.24, 2.45) is 0 Å². The van der Waals surface area contributed by atoms with E-state index in [0.717, 1.165) is 11.1 Å². The first-order chi connectivity index (χ1) is 22.4. The van der Waals surface area contributed by atoms with Gasteiger partial charge in [0.2, 0.25) is 0 Å². The molecule has 12 atom stereocenters. The van der Waals surface area contributed by atoms with Gasteiger partial charge in [-0.25, -0.2) is 0 Å². The summed E-state index contributed by atoms with van der Waals surface area (Å²) in [5.74, 6) is -1.61. The number of hydrogen-bond acceptors (Lipinski definition) is 14. The van der Waals surface area contributed by atoms with E-state index in [1.807, 2.05) is 60.7 Å². The highest BCUT2D eigenvalue weighted by molar-refractivity contribution is 5.78. The lowest BCUT2D eigenvalue weighted by atomic mass is 9.97. The number of fused-ring (bicyclic) bond motifs is 2. The minimum atomic E-state index is -1.31. The minimum absolute atomic E-state index is 0.124. The van der Waals surface area contributed by atoms with Crippen molar-refractivity contribution in [1.29, 1.82) is 0 Å². The van der Waals surface area contributed by atoms with Gasteiger partial charge in [-0.2, -0.15) is 0 Å². The molecule has 0 bridgehead atoms. The molecule has 14 nitrogen and oxygen atoms in total. The number of esters is 2. The van der Waals surface area contributed by atoms with Gasteiger partial charge in [0.25, 0.3) is 0 Å². The van der Waals surface area contributed by atoms with Crippen LogP contribution in [0.3, 0.4) is 0 Å². The lowest BCUT2D eigenvalue weighted by Crippen LogP contribution is -2.63. The van der Waals surface area contributed by atoms with Gasteiger partial charge >= 0.3 is 11.9 Å². The van der Waals surface area contributed by atoms with Gasteiger partial charge in [-0.1, -0.05) is 60.7 Å². The van der Waals surface area contributed by atoms with E-state index in [9.17, 15) is 19.8 Å². The summed E-state index contributed by atoms with van der Waals surface area (Å²) in [5, 5.41) is 22.3. The smallest absolute Gasteiger partial charge is 0.306 e. The van der Waals surface area contributed by atoms with Crippen molar-refractivity contribution in [3.05, 3.63) is 71.8 Å². The summed E-state index contributed by atoms with van der Waals surface area (Å²) < 4.78 is 57.0. The maximum absolute atomic E-state index is 12.9. The van der Waals surface area contributed by atoms with Crippen molar-refractivity contribution < 1.29 is 67.2 Å². The van der Waals surface area contributed by atoms with Crippen molar-refractivity contribution in [1.82, 2.24) is 0 Å². The van der Waals surface area contributed by atoms with Crippen LogP contribution in [0.5, 0.6) is 0 Å². The Morgan fingerprint density at radius 1 is 0.652 bits per heavy atom. The maximum atomic E-state index is 12.9. The van der Waals surface area contributed by atoms with Crippen molar-refractivity contribution in [2.75, 3.05) is 27.4 Å². The molecule has 250 valence electrons. The number of aliphatic hydroxyl groups is 2. The fraction of sp³-hybridized carbons (Fsp3) is 0.562. The third-order valence-corrected chi connectivity index (χ3v) is 8.30. The fourth-order valence-corrected chi connectivity index (χ4v) is 5.95.